The maximum atomic E-state index is 13.9. The second-order valence-corrected chi connectivity index (χ2v) is 5.99. The standard InChI is InChI=1S/C14H8F3N3O4S/c1-19-5-4-10(21)20(13(19)24,14(15,16)17)7-2-3-9-8(6-7)11(12(22)23)18-25-9/h2-6H,1H3. The molecule has 130 valence electrons. The van der Waals surface area contributed by atoms with Gasteiger partial charge in [0.1, 0.15) is 5.69 Å². The van der Waals surface area contributed by atoms with Crippen molar-refractivity contribution in [2.24, 2.45) is 0 Å². The highest BCUT2D eigenvalue weighted by Gasteiger charge is 2.69. The van der Waals surface area contributed by atoms with E-state index in [1.807, 2.05) is 0 Å². The Morgan fingerprint density at radius 3 is 2.60 bits per heavy atom. The molecular formula is C14H8F3N3O4S. The number of carboxylic acid groups (broad SMARTS) is 1. The van der Waals surface area contributed by atoms with Gasteiger partial charge in [-0.25, -0.2) is 9.59 Å². The fourth-order valence-electron chi connectivity index (χ4n) is 2.58. The zero-order chi connectivity index (χ0) is 18.6. The molecule has 11 heteroatoms. The zero-order valence-electron chi connectivity index (χ0n) is 12.4. The third-order valence-corrected chi connectivity index (χ3v) is 4.60. The Balaban J connectivity index is 2.36. The number of hydrogen-bond acceptors (Lipinski definition) is 6. The van der Waals surface area contributed by atoms with Gasteiger partial charge in [0.15, 0.2) is 5.69 Å². The normalized spacial score (nSPS) is 21.2. The molecule has 1 aliphatic heterocycles. The number of carbonyl (C=O) groups excluding carboxylic acids is 3. The Bertz CT molecular complexity index is 952. The topological polar surface area (TPSA) is 90.4 Å². The van der Waals surface area contributed by atoms with Crippen LogP contribution in [0.3, 0.4) is 0 Å². The summed E-state index contributed by atoms with van der Waals surface area (Å²) in [5.74, 6) is -3.18. The van der Waals surface area contributed by atoms with Gasteiger partial charge >= 0.3 is 18.2 Å². The van der Waals surface area contributed by atoms with Gasteiger partial charge in [-0.3, -0.25) is 4.90 Å². The van der Waals surface area contributed by atoms with Crippen molar-refractivity contribution in [2.75, 3.05) is 7.05 Å². The van der Waals surface area contributed by atoms with E-state index in [0.717, 1.165) is 36.9 Å². The van der Waals surface area contributed by atoms with Crippen molar-refractivity contribution in [3.63, 3.8) is 0 Å². The number of alkyl halides is 3. The highest BCUT2D eigenvalue weighted by Crippen LogP contribution is 2.42. The largest absolute Gasteiger partial charge is 0.582 e. The average molecular weight is 371 g/mol. The first kappa shape index (κ1) is 17.0. The molecule has 0 saturated carbocycles. The molecule has 0 radical (unpaired) electrons. The average Bonchev–Trinajstić information content (AvgIpc) is 2.94. The summed E-state index contributed by atoms with van der Waals surface area (Å²) in [4.78, 5) is 36.3. The van der Waals surface area contributed by atoms with Crippen LogP contribution in [0.1, 0.15) is 10.5 Å². The van der Waals surface area contributed by atoms with Crippen molar-refractivity contribution in [1.82, 2.24) is 13.8 Å². The minimum absolute atomic E-state index is 0.137. The van der Waals surface area contributed by atoms with Gasteiger partial charge < -0.3 is 9.90 Å². The number of carboxylic acids is 1. The summed E-state index contributed by atoms with van der Waals surface area (Å²) in [6, 6.07) is 1.44. The predicted molar refractivity (Wildman–Crippen MR) is 79.1 cm³/mol. The zero-order valence-corrected chi connectivity index (χ0v) is 13.2. The molecule has 3 amide bonds. The van der Waals surface area contributed by atoms with E-state index in [2.05, 4.69) is 4.37 Å². The van der Waals surface area contributed by atoms with Crippen molar-refractivity contribution >= 4 is 45.2 Å². The van der Waals surface area contributed by atoms with Crippen LogP contribution in [0.5, 0.6) is 0 Å². The number of aromatic carboxylic acids is 1. The molecular weight excluding hydrogens is 363 g/mol. The lowest BCUT2D eigenvalue weighted by molar-refractivity contribution is -0.255. The first-order chi connectivity index (χ1) is 11.6. The molecule has 0 bridgehead atoms. The maximum Gasteiger partial charge on any atom is 0.582 e. The molecule has 2 aromatic rings. The monoisotopic (exact) mass is 371 g/mol. The van der Waals surface area contributed by atoms with Crippen LogP contribution in [0.2, 0.25) is 0 Å². The van der Waals surface area contributed by atoms with E-state index in [4.69, 9.17) is 0 Å². The van der Waals surface area contributed by atoms with E-state index in [-0.39, 0.29) is 10.1 Å². The van der Waals surface area contributed by atoms with Gasteiger partial charge in [-0.2, -0.15) is 4.37 Å². The maximum absolute atomic E-state index is 13.9. The lowest BCUT2D eigenvalue weighted by atomic mass is 10.1. The van der Waals surface area contributed by atoms with Crippen molar-refractivity contribution in [2.45, 2.75) is 6.30 Å². The number of urea groups is 1. The Morgan fingerprint density at radius 2 is 2.00 bits per heavy atom. The summed E-state index contributed by atoms with van der Waals surface area (Å²) in [7, 11) is 1.08. The molecule has 1 aromatic heterocycles. The van der Waals surface area contributed by atoms with Crippen LogP contribution < -0.4 is 9.59 Å². The molecule has 0 fully saturated rings. The fourth-order valence-corrected chi connectivity index (χ4v) is 3.33. The lowest BCUT2D eigenvalue weighted by Crippen LogP contribution is -2.70. The first-order valence-corrected chi connectivity index (χ1v) is 7.45. The van der Waals surface area contributed by atoms with E-state index in [1.165, 1.54) is 6.07 Å². The Labute approximate surface area is 141 Å². The summed E-state index contributed by atoms with van der Waals surface area (Å²) in [6.45, 7) is 0. The van der Waals surface area contributed by atoms with Gasteiger partial charge in [0.25, 0.3) is 0 Å². The van der Waals surface area contributed by atoms with E-state index in [9.17, 15) is 32.7 Å². The van der Waals surface area contributed by atoms with Crippen molar-refractivity contribution in [1.29, 1.82) is 0 Å². The Kier molecular flexibility index (Phi) is 3.65. The highest BCUT2D eigenvalue weighted by molar-refractivity contribution is 7.13. The molecule has 0 aliphatic carbocycles. The first-order valence-electron chi connectivity index (χ1n) is 6.68. The molecule has 1 aliphatic rings. The molecule has 1 atom stereocenters. The lowest BCUT2D eigenvalue weighted by Gasteiger charge is -2.36. The third kappa shape index (κ3) is 2.23. The molecule has 25 heavy (non-hydrogen) atoms. The Hall–Kier alpha value is -2.79. The molecule has 3 rings (SSSR count). The van der Waals surface area contributed by atoms with E-state index >= 15 is 0 Å². The third-order valence-electron chi connectivity index (χ3n) is 3.77. The second-order valence-electron chi connectivity index (χ2n) is 5.19. The predicted octanol–water partition coefficient (Wildman–Crippen LogP) is 1.59. The summed E-state index contributed by atoms with van der Waals surface area (Å²) < 4.78 is 42.9. The number of aromatic nitrogens is 1. The molecule has 1 unspecified atom stereocenters. The summed E-state index contributed by atoms with van der Waals surface area (Å²) in [6.07, 6.45) is -3.71. The number of nitrogens with zero attached hydrogens (tertiary/aromatic N) is 3. The summed E-state index contributed by atoms with van der Waals surface area (Å²) in [5.41, 5.74) is -1.28. The molecule has 0 saturated heterocycles. The number of rotatable bonds is 2. The van der Waals surface area contributed by atoms with Crippen LogP contribution in [0.25, 0.3) is 10.1 Å². The van der Waals surface area contributed by atoms with Crippen LogP contribution in [-0.4, -0.2) is 40.5 Å². The number of benzene rings is 1. The van der Waals surface area contributed by atoms with Crippen LogP contribution in [-0.2, 0) is 4.79 Å². The summed E-state index contributed by atoms with van der Waals surface area (Å²) >= 11 is 0.753. The number of halogens is 3. The van der Waals surface area contributed by atoms with Crippen molar-refractivity contribution in [3.05, 3.63) is 36.2 Å². The number of amides is 3. The van der Waals surface area contributed by atoms with Gasteiger partial charge in [-0.05, 0) is 22.1 Å². The minimum atomic E-state index is -5.29. The molecule has 0 spiro atoms. The van der Waals surface area contributed by atoms with Crippen LogP contribution in [0.4, 0.5) is 23.7 Å². The van der Waals surface area contributed by atoms with Crippen LogP contribution in [0.15, 0.2) is 30.5 Å². The van der Waals surface area contributed by atoms with E-state index < -0.39 is 40.1 Å². The second kappa shape index (κ2) is 5.36. The molecule has 1 aromatic carbocycles. The van der Waals surface area contributed by atoms with Gasteiger partial charge in [-0.1, -0.05) is 0 Å². The van der Waals surface area contributed by atoms with Gasteiger partial charge in [-0.15, -0.1) is 13.2 Å². The van der Waals surface area contributed by atoms with E-state index in [0.29, 0.717) is 11.0 Å². The number of fused-ring (bicyclic) bond motifs is 1. The quantitative estimate of drug-likeness (QED) is 0.591. The highest BCUT2D eigenvalue weighted by atomic mass is 32.1. The van der Waals surface area contributed by atoms with Gasteiger partial charge in [0.2, 0.25) is 0 Å². The van der Waals surface area contributed by atoms with Gasteiger partial charge in [0, 0.05) is 30.8 Å². The molecule has 2 heterocycles. The smallest absolute Gasteiger partial charge is 0.543 e. The van der Waals surface area contributed by atoms with Crippen LogP contribution >= 0.6 is 11.5 Å². The number of quaternary nitrogens is 1. The molecule has 0 N–H and O–H groups in total. The molecule has 7 nitrogen and oxygen atoms in total. The Morgan fingerprint density at radius 1 is 1.32 bits per heavy atom. The number of imide groups is 1. The minimum Gasteiger partial charge on any atom is -0.543 e. The van der Waals surface area contributed by atoms with Crippen LogP contribution in [0, 0.1) is 0 Å². The number of carbonyl (C=O) groups is 3. The van der Waals surface area contributed by atoms with E-state index in [1.54, 1.807) is 0 Å². The number of hydrogen-bond donors (Lipinski definition) is 0. The SMILES string of the molecule is CN1C=CC(=O)[N+](c2ccc3snc(C(=O)[O-])c3c2)(C(F)(F)F)C1=O. The fraction of sp³-hybridized carbons (Fsp3) is 0.143. The van der Waals surface area contributed by atoms with Crippen molar-refractivity contribution in [3.8, 4) is 0 Å². The van der Waals surface area contributed by atoms with Crippen molar-refractivity contribution < 1.29 is 32.7 Å². The van der Waals surface area contributed by atoms with Gasteiger partial charge in [0.05, 0.1) is 16.7 Å². The summed E-state index contributed by atoms with van der Waals surface area (Å²) in [5, 5.41) is 10.9.